The van der Waals surface area contributed by atoms with Gasteiger partial charge < -0.3 is 4.57 Å². The number of ketones is 1. The number of fused-ring (bicyclic) bond motifs is 3. The molecule has 3 aromatic heterocycles. The van der Waals surface area contributed by atoms with Crippen molar-refractivity contribution in [3.05, 3.63) is 94.4 Å². The molecule has 0 amide bonds. The molecule has 0 bridgehead atoms. The number of carbonyl (C=O) groups excluding carboxylic acids is 1. The minimum absolute atomic E-state index is 0.135. The summed E-state index contributed by atoms with van der Waals surface area (Å²) in [6.45, 7) is 4.10. The lowest BCUT2D eigenvalue weighted by atomic mass is 9.97. The largest absolute Gasteiger partial charge is 0.318 e. The number of thioether (sulfide) groups is 1. The number of rotatable bonds is 6. The first-order chi connectivity index (χ1) is 17.6. The number of aryl methyl sites for hydroxylation is 3. The Labute approximate surface area is 219 Å². The van der Waals surface area contributed by atoms with Gasteiger partial charge >= 0.3 is 0 Å². The van der Waals surface area contributed by atoms with Crippen LogP contribution in [-0.4, -0.2) is 26.1 Å². The summed E-state index contributed by atoms with van der Waals surface area (Å²) in [4.78, 5) is 25.0. The van der Waals surface area contributed by atoms with E-state index in [9.17, 15) is 4.79 Å². The van der Waals surface area contributed by atoms with Crippen LogP contribution in [0, 0.1) is 13.8 Å². The average Bonchev–Trinajstić information content (AvgIpc) is 3.44. The third kappa shape index (κ3) is 4.18. The molecule has 0 N–H and O–H groups in total. The smallest absolute Gasteiger partial charge is 0.174 e. The standard InChI is InChI=1S/C30H27N3OS2/c1-19-16-25(20(2)33(19)23-14-12-22(13-15-23)21-8-4-3-5-9-21)26(34)17-35-29-28-24-10-6-7-11-27(24)36-30(28)32-18-31-29/h3-5,8-9,12-16,18H,6-7,10-11,17H2,1-2H3. The van der Waals surface area contributed by atoms with Gasteiger partial charge in [0.25, 0.3) is 0 Å². The van der Waals surface area contributed by atoms with Crippen molar-refractivity contribution in [1.29, 1.82) is 0 Å². The number of aromatic nitrogens is 3. The van der Waals surface area contributed by atoms with Gasteiger partial charge in [-0.25, -0.2) is 9.97 Å². The first kappa shape index (κ1) is 23.2. The molecule has 36 heavy (non-hydrogen) atoms. The summed E-state index contributed by atoms with van der Waals surface area (Å²) in [5, 5.41) is 2.12. The second-order valence-electron chi connectivity index (χ2n) is 9.31. The summed E-state index contributed by atoms with van der Waals surface area (Å²) in [5.41, 5.74) is 7.68. The molecule has 0 fully saturated rings. The number of carbonyl (C=O) groups is 1. The number of benzene rings is 2. The molecule has 0 aliphatic heterocycles. The van der Waals surface area contributed by atoms with Crippen LogP contribution in [0.1, 0.15) is 45.0 Å². The van der Waals surface area contributed by atoms with Crippen molar-refractivity contribution in [2.75, 3.05) is 5.75 Å². The second-order valence-corrected chi connectivity index (χ2v) is 11.4. The zero-order valence-corrected chi connectivity index (χ0v) is 22.1. The van der Waals surface area contributed by atoms with E-state index >= 15 is 0 Å². The Balaban J connectivity index is 1.24. The van der Waals surface area contributed by atoms with Gasteiger partial charge in [0.1, 0.15) is 16.2 Å². The Morgan fingerprint density at radius 3 is 2.53 bits per heavy atom. The highest BCUT2D eigenvalue weighted by Gasteiger charge is 2.22. The van der Waals surface area contributed by atoms with Gasteiger partial charge in [-0.3, -0.25) is 4.79 Å². The molecular formula is C30H27N3OS2. The molecule has 4 nitrogen and oxygen atoms in total. The Morgan fingerprint density at radius 1 is 0.972 bits per heavy atom. The maximum Gasteiger partial charge on any atom is 0.174 e. The fraction of sp³-hybridized carbons (Fsp3) is 0.233. The van der Waals surface area contributed by atoms with Gasteiger partial charge in [-0.2, -0.15) is 0 Å². The molecule has 1 aliphatic carbocycles. The molecule has 0 spiro atoms. The second kappa shape index (κ2) is 9.68. The molecule has 0 saturated heterocycles. The van der Waals surface area contributed by atoms with Crippen LogP contribution in [0.15, 0.2) is 72.0 Å². The number of hydrogen-bond acceptors (Lipinski definition) is 5. The fourth-order valence-electron chi connectivity index (χ4n) is 5.26. The van der Waals surface area contributed by atoms with E-state index in [1.807, 2.05) is 19.1 Å². The third-order valence-corrected chi connectivity index (χ3v) is 9.21. The zero-order valence-electron chi connectivity index (χ0n) is 20.5. The van der Waals surface area contributed by atoms with Crippen molar-refractivity contribution in [3.63, 3.8) is 0 Å². The van der Waals surface area contributed by atoms with Gasteiger partial charge in [-0.1, -0.05) is 54.2 Å². The minimum atomic E-state index is 0.135. The molecule has 3 heterocycles. The molecule has 0 unspecified atom stereocenters. The van der Waals surface area contributed by atoms with Gasteiger partial charge in [0.15, 0.2) is 5.78 Å². The van der Waals surface area contributed by atoms with E-state index in [0.29, 0.717) is 5.75 Å². The van der Waals surface area contributed by atoms with Crippen LogP contribution in [0.25, 0.3) is 27.0 Å². The van der Waals surface area contributed by atoms with Crippen molar-refractivity contribution >= 4 is 39.1 Å². The first-order valence-corrected chi connectivity index (χ1v) is 14.2. The van der Waals surface area contributed by atoms with Crippen molar-refractivity contribution in [2.24, 2.45) is 0 Å². The van der Waals surface area contributed by atoms with Crippen molar-refractivity contribution < 1.29 is 4.79 Å². The van der Waals surface area contributed by atoms with Gasteiger partial charge in [0.05, 0.1) is 5.75 Å². The highest BCUT2D eigenvalue weighted by molar-refractivity contribution is 8.00. The Kier molecular flexibility index (Phi) is 6.23. The normalized spacial score (nSPS) is 13.2. The quantitative estimate of drug-likeness (QED) is 0.134. The molecule has 0 saturated carbocycles. The van der Waals surface area contributed by atoms with Crippen LogP contribution in [0.3, 0.4) is 0 Å². The predicted octanol–water partition coefficient (Wildman–Crippen LogP) is 7.62. The lowest BCUT2D eigenvalue weighted by Crippen LogP contribution is -2.06. The van der Waals surface area contributed by atoms with E-state index in [0.717, 1.165) is 45.3 Å². The topological polar surface area (TPSA) is 47.8 Å². The number of thiophene rings is 1. The maximum absolute atomic E-state index is 13.4. The molecule has 0 atom stereocenters. The van der Waals surface area contributed by atoms with Crippen LogP contribution < -0.4 is 0 Å². The van der Waals surface area contributed by atoms with Crippen LogP contribution in [0.5, 0.6) is 0 Å². The van der Waals surface area contributed by atoms with Gasteiger partial charge in [0, 0.05) is 32.9 Å². The summed E-state index contributed by atoms with van der Waals surface area (Å²) in [5.74, 6) is 0.504. The Bertz CT molecular complexity index is 1570. The van der Waals surface area contributed by atoms with Crippen molar-refractivity contribution in [2.45, 2.75) is 44.6 Å². The van der Waals surface area contributed by atoms with E-state index in [-0.39, 0.29) is 5.78 Å². The number of Topliss-reactive ketones (excluding diaryl/α,β-unsaturated/α-hetero) is 1. The zero-order chi connectivity index (χ0) is 24.6. The van der Waals surface area contributed by atoms with Gasteiger partial charge in [0.2, 0.25) is 0 Å². The molecule has 2 aromatic carbocycles. The first-order valence-electron chi connectivity index (χ1n) is 12.4. The maximum atomic E-state index is 13.4. The van der Waals surface area contributed by atoms with Crippen LogP contribution in [0.2, 0.25) is 0 Å². The third-order valence-electron chi connectivity index (χ3n) is 7.02. The summed E-state index contributed by atoms with van der Waals surface area (Å²) < 4.78 is 2.17. The minimum Gasteiger partial charge on any atom is -0.318 e. The van der Waals surface area contributed by atoms with Crippen molar-refractivity contribution in [1.82, 2.24) is 14.5 Å². The fourth-order valence-corrected chi connectivity index (χ4v) is 7.46. The van der Waals surface area contributed by atoms with Crippen LogP contribution in [-0.2, 0) is 12.8 Å². The number of hydrogen-bond donors (Lipinski definition) is 0. The summed E-state index contributed by atoms with van der Waals surface area (Å²) in [6.07, 6.45) is 6.34. The Morgan fingerprint density at radius 2 is 1.72 bits per heavy atom. The SMILES string of the molecule is Cc1cc(C(=O)CSc2ncnc3sc4c(c23)CCCC4)c(C)n1-c1ccc(-c2ccccc2)cc1. The molecule has 6 rings (SSSR count). The lowest BCUT2D eigenvalue weighted by Gasteiger charge is -2.12. The molecule has 180 valence electrons. The van der Waals surface area contributed by atoms with E-state index in [2.05, 4.69) is 70.0 Å². The van der Waals surface area contributed by atoms with E-state index in [1.54, 1.807) is 29.4 Å². The van der Waals surface area contributed by atoms with E-state index < -0.39 is 0 Å². The molecule has 6 heteroatoms. The summed E-state index contributed by atoms with van der Waals surface area (Å²) in [6, 6.07) is 20.9. The van der Waals surface area contributed by atoms with Crippen LogP contribution >= 0.6 is 23.1 Å². The summed E-state index contributed by atoms with van der Waals surface area (Å²) >= 11 is 3.34. The van der Waals surface area contributed by atoms with E-state index in [1.165, 1.54) is 39.8 Å². The molecule has 1 aliphatic rings. The highest BCUT2D eigenvalue weighted by Crippen LogP contribution is 2.39. The molecule has 0 radical (unpaired) electrons. The van der Waals surface area contributed by atoms with Crippen LogP contribution in [0.4, 0.5) is 0 Å². The summed E-state index contributed by atoms with van der Waals surface area (Å²) in [7, 11) is 0. The molecular weight excluding hydrogens is 482 g/mol. The van der Waals surface area contributed by atoms with Gasteiger partial charge in [-0.15, -0.1) is 11.3 Å². The Hall–Kier alpha value is -3.22. The highest BCUT2D eigenvalue weighted by atomic mass is 32.2. The van der Waals surface area contributed by atoms with Crippen molar-refractivity contribution in [3.8, 4) is 16.8 Å². The average molecular weight is 510 g/mol. The number of nitrogens with zero attached hydrogens (tertiary/aromatic N) is 3. The lowest BCUT2D eigenvalue weighted by molar-refractivity contribution is 0.102. The van der Waals surface area contributed by atoms with E-state index in [4.69, 9.17) is 0 Å². The van der Waals surface area contributed by atoms with Gasteiger partial charge in [-0.05, 0) is 74.4 Å². The monoisotopic (exact) mass is 509 g/mol. The molecule has 5 aromatic rings. The predicted molar refractivity (Wildman–Crippen MR) is 150 cm³/mol.